The molecular formula is C16H27ClN2O. The third-order valence-corrected chi connectivity index (χ3v) is 3.49. The lowest BCUT2D eigenvalue weighted by Gasteiger charge is -2.31. The highest BCUT2D eigenvalue weighted by atomic mass is 35.5. The van der Waals surface area contributed by atoms with E-state index in [0.717, 1.165) is 36.8 Å². The second kappa shape index (κ2) is 8.50. The summed E-state index contributed by atoms with van der Waals surface area (Å²) in [7, 11) is 0. The van der Waals surface area contributed by atoms with Crippen LogP contribution < -0.4 is 10.5 Å². The van der Waals surface area contributed by atoms with Crippen LogP contribution in [0.5, 0.6) is 5.75 Å². The third kappa shape index (κ3) is 6.60. The predicted molar refractivity (Wildman–Crippen MR) is 86.5 cm³/mol. The molecule has 0 fully saturated rings. The van der Waals surface area contributed by atoms with Crippen molar-refractivity contribution in [3.05, 3.63) is 29.3 Å². The van der Waals surface area contributed by atoms with Crippen LogP contribution in [0.15, 0.2) is 24.3 Å². The maximum Gasteiger partial charge on any atom is 0.119 e. The van der Waals surface area contributed by atoms with Crippen LogP contribution in [0, 0.1) is 5.41 Å². The molecule has 0 spiro atoms. The van der Waals surface area contributed by atoms with Crippen LogP contribution in [-0.2, 0) is 0 Å². The molecule has 0 aliphatic rings. The molecule has 20 heavy (non-hydrogen) atoms. The van der Waals surface area contributed by atoms with Gasteiger partial charge in [-0.2, -0.15) is 0 Å². The van der Waals surface area contributed by atoms with Gasteiger partial charge >= 0.3 is 0 Å². The molecule has 0 radical (unpaired) electrons. The van der Waals surface area contributed by atoms with E-state index in [1.54, 1.807) is 0 Å². The van der Waals surface area contributed by atoms with Crippen molar-refractivity contribution >= 4 is 11.6 Å². The Balaban J connectivity index is 2.40. The molecule has 0 heterocycles. The molecule has 0 bridgehead atoms. The van der Waals surface area contributed by atoms with Crippen molar-refractivity contribution in [1.29, 1.82) is 0 Å². The van der Waals surface area contributed by atoms with Crippen LogP contribution in [0.4, 0.5) is 0 Å². The zero-order valence-electron chi connectivity index (χ0n) is 12.9. The average Bonchev–Trinajstić information content (AvgIpc) is 2.41. The van der Waals surface area contributed by atoms with E-state index in [1.165, 1.54) is 0 Å². The van der Waals surface area contributed by atoms with Gasteiger partial charge in [0.2, 0.25) is 0 Å². The summed E-state index contributed by atoms with van der Waals surface area (Å²) in [6, 6.07) is 7.49. The Bertz CT molecular complexity index is 379. The van der Waals surface area contributed by atoms with Gasteiger partial charge in [0, 0.05) is 18.1 Å². The van der Waals surface area contributed by atoms with Gasteiger partial charge in [0.25, 0.3) is 0 Å². The second-order valence-electron chi connectivity index (χ2n) is 5.95. The summed E-state index contributed by atoms with van der Waals surface area (Å²) in [5.74, 6) is 0.865. The minimum atomic E-state index is 0.148. The maximum absolute atomic E-state index is 5.85. The lowest BCUT2D eigenvalue weighted by atomic mass is 9.93. The zero-order valence-corrected chi connectivity index (χ0v) is 13.6. The van der Waals surface area contributed by atoms with Crippen molar-refractivity contribution in [3.8, 4) is 5.75 Å². The maximum atomic E-state index is 5.85. The van der Waals surface area contributed by atoms with Gasteiger partial charge in [0.15, 0.2) is 0 Å². The topological polar surface area (TPSA) is 38.5 Å². The summed E-state index contributed by atoms with van der Waals surface area (Å²) in [5, 5.41) is 0.731. The molecule has 114 valence electrons. The summed E-state index contributed by atoms with van der Waals surface area (Å²) < 4.78 is 5.75. The van der Waals surface area contributed by atoms with E-state index in [9.17, 15) is 0 Å². The van der Waals surface area contributed by atoms with Gasteiger partial charge in [-0.05, 0) is 49.2 Å². The van der Waals surface area contributed by atoms with Crippen LogP contribution in [0.2, 0.25) is 5.02 Å². The normalized spacial score (nSPS) is 11.9. The quantitative estimate of drug-likeness (QED) is 0.759. The lowest BCUT2D eigenvalue weighted by molar-refractivity contribution is 0.154. The number of nitrogens with zero attached hydrogens (tertiary/aromatic N) is 1. The Morgan fingerprint density at radius 2 is 1.85 bits per heavy atom. The molecule has 1 aromatic carbocycles. The third-order valence-electron chi connectivity index (χ3n) is 3.23. The zero-order chi connectivity index (χ0) is 15.0. The number of halogens is 1. The fraction of sp³-hybridized carbons (Fsp3) is 0.625. The van der Waals surface area contributed by atoms with Crippen LogP contribution in [0.1, 0.15) is 27.2 Å². The molecule has 2 N–H and O–H groups in total. The molecule has 0 aliphatic carbocycles. The number of ether oxygens (including phenoxy) is 1. The Morgan fingerprint density at radius 1 is 1.20 bits per heavy atom. The number of hydrogen-bond acceptors (Lipinski definition) is 3. The average molecular weight is 299 g/mol. The minimum absolute atomic E-state index is 0.148. The first-order valence-electron chi connectivity index (χ1n) is 7.27. The van der Waals surface area contributed by atoms with Crippen molar-refractivity contribution in [2.75, 3.05) is 32.8 Å². The molecule has 0 atom stereocenters. The van der Waals surface area contributed by atoms with Gasteiger partial charge in [-0.1, -0.05) is 32.4 Å². The summed E-state index contributed by atoms with van der Waals surface area (Å²) in [6.45, 7) is 11.0. The molecule has 0 aliphatic heterocycles. The summed E-state index contributed by atoms with van der Waals surface area (Å²) in [5.41, 5.74) is 5.96. The van der Waals surface area contributed by atoms with Crippen LogP contribution in [0.25, 0.3) is 0 Å². The summed E-state index contributed by atoms with van der Waals surface area (Å²) in [6.07, 6.45) is 1.14. The van der Waals surface area contributed by atoms with Gasteiger partial charge < -0.3 is 10.5 Å². The van der Waals surface area contributed by atoms with E-state index < -0.39 is 0 Å². The van der Waals surface area contributed by atoms with E-state index in [0.29, 0.717) is 13.2 Å². The molecule has 1 rings (SSSR count). The predicted octanol–water partition coefficient (Wildman–Crippen LogP) is 3.42. The first-order chi connectivity index (χ1) is 9.46. The molecule has 0 unspecified atom stereocenters. The van der Waals surface area contributed by atoms with Gasteiger partial charge in [-0.25, -0.2) is 0 Å². The van der Waals surface area contributed by atoms with Crippen molar-refractivity contribution in [3.63, 3.8) is 0 Å². The Kier molecular flexibility index (Phi) is 7.35. The van der Waals surface area contributed by atoms with E-state index in [4.69, 9.17) is 22.1 Å². The molecule has 4 heteroatoms. The Labute approximate surface area is 128 Å². The summed E-state index contributed by atoms with van der Waals surface area (Å²) >= 11 is 5.85. The first kappa shape index (κ1) is 17.3. The van der Waals surface area contributed by atoms with Gasteiger partial charge in [0.05, 0.1) is 0 Å². The Morgan fingerprint density at radius 3 is 2.40 bits per heavy atom. The van der Waals surface area contributed by atoms with Crippen molar-refractivity contribution in [2.24, 2.45) is 11.1 Å². The van der Waals surface area contributed by atoms with Crippen molar-refractivity contribution < 1.29 is 4.74 Å². The SMILES string of the molecule is CCCN(CCOc1ccc(Cl)cc1)CC(C)(C)CN. The van der Waals surface area contributed by atoms with Crippen molar-refractivity contribution in [2.45, 2.75) is 27.2 Å². The van der Waals surface area contributed by atoms with Gasteiger partial charge in [-0.3, -0.25) is 4.90 Å². The lowest BCUT2D eigenvalue weighted by Crippen LogP contribution is -2.40. The van der Waals surface area contributed by atoms with E-state index in [2.05, 4.69) is 25.7 Å². The first-order valence-corrected chi connectivity index (χ1v) is 7.65. The fourth-order valence-corrected chi connectivity index (χ4v) is 2.21. The van der Waals surface area contributed by atoms with Gasteiger partial charge in [-0.15, -0.1) is 0 Å². The van der Waals surface area contributed by atoms with Gasteiger partial charge in [0.1, 0.15) is 12.4 Å². The number of benzene rings is 1. The molecule has 0 saturated carbocycles. The molecule has 0 amide bonds. The summed E-state index contributed by atoms with van der Waals surface area (Å²) in [4.78, 5) is 2.42. The molecule has 1 aromatic rings. The largest absolute Gasteiger partial charge is 0.492 e. The standard InChI is InChI=1S/C16H27ClN2O/c1-4-9-19(13-16(2,3)12-18)10-11-20-15-7-5-14(17)6-8-15/h5-8H,4,9-13,18H2,1-3H3. The van der Waals surface area contributed by atoms with Crippen molar-refractivity contribution in [1.82, 2.24) is 4.90 Å². The van der Waals surface area contributed by atoms with Crippen LogP contribution in [-0.4, -0.2) is 37.7 Å². The van der Waals surface area contributed by atoms with Crippen LogP contribution >= 0.6 is 11.6 Å². The second-order valence-corrected chi connectivity index (χ2v) is 6.38. The van der Waals surface area contributed by atoms with E-state index in [-0.39, 0.29) is 5.41 Å². The highest BCUT2D eigenvalue weighted by Gasteiger charge is 2.19. The fourth-order valence-electron chi connectivity index (χ4n) is 2.08. The molecule has 3 nitrogen and oxygen atoms in total. The molecule has 0 saturated heterocycles. The van der Waals surface area contributed by atoms with E-state index in [1.807, 2.05) is 24.3 Å². The highest BCUT2D eigenvalue weighted by Crippen LogP contribution is 2.17. The highest BCUT2D eigenvalue weighted by molar-refractivity contribution is 6.30. The molecular weight excluding hydrogens is 272 g/mol. The number of rotatable bonds is 9. The van der Waals surface area contributed by atoms with E-state index >= 15 is 0 Å². The smallest absolute Gasteiger partial charge is 0.119 e. The minimum Gasteiger partial charge on any atom is -0.492 e. The Hall–Kier alpha value is -0.770. The number of hydrogen-bond donors (Lipinski definition) is 1. The molecule has 0 aromatic heterocycles. The number of nitrogens with two attached hydrogens (primary N) is 1. The van der Waals surface area contributed by atoms with Crippen LogP contribution in [0.3, 0.4) is 0 Å². The monoisotopic (exact) mass is 298 g/mol.